The molecule has 4 heteroatoms. The summed E-state index contributed by atoms with van der Waals surface area (Å²) >= 11 is 0. The summed E-state index contributed by atoms with van der Waals surface area (Å²) in [6, 6.07) is 10.4. The molecule has 0 saturated heterocycles. The van der Waals surface area contributed by atoms with E-state index in [0.717, 1.165) is 24.0 Å². The lowest BCUT2D eigenvalue weighted by Gasteiger charge is -2.29. The molecule has 0 amide bonds. The van der Waals surface area contributed by atoms with Gasteiger partial charge in [-0.1, -0.05) is 37.3 Å². The van der Waals surface area contributed by atoms with Gasteiger partial charge in [0.1, 0.15) is 19.7 Å². The van der Waals surface area contributed by atoms with Gasteiger partial charge in [-0.05, 0) is 6.42 Å². The van der Waals surface area contributed by atoms with Crippen LogP contribution in [0.1, 0.15) is 25.3 Å². The average molecular weight is 286 g/mol. The van der Waals surface area contributed by atoms with E-state index < -0.39 is 0 Å². The summed E-state index contributed by atoms with van der Waals surface area (Å²) < 4.78 is 6.02. The fourth-order valence-corrected chi connectivity index (χ4v) is 1.84. The van der Waals surface area contributed by atoms with Gasteiger partial charge in [-0.25, -0.2) is 0 Å². The Kier molecular flexibility index (Phi) is 8.44. The molecule has 0 heterocycles. The van der Waals surface area contributed by atoms with Crippen LogP contribution in [0.4, 0.5) is 0 Å². The molecule has 0 spiro atoms. The van der Waals surface area contributed by atoms with Gasteiger partial charge in [-0.15, -0.1) is 0 Å². The zero-order chi connectivity index (χ0) is 13.4. The number of esters is 1. The molecule has 1 aromatic rings. The van der Waals surface area contributed by atoms with Gasteiger partial charge in [0.15, 0.2) is 0 Å². The number of carbonyl (C=O) groups excluding carboxylic acids is 1. The van der Waals surface area contributed by atoms with Crippen molar-refractivity contribution in [2.75, 3.05) is 27.2 Å². The maximum absolute atomic E-state index is 11.3. The van der Waals surface area contributed by atoms with E-state index in [-0.39, 0.29) is 18.4 Å². The molecule has 0 bridgehead atoms. The van der Waals surface area contributed by atoms with Crippen LogP contribution in [0.5, 0.6) is 0 Å². The normalized spacial score (nSPS) is 10.7. The first-order valence-corrected chi connectivity index (χ1v) is 6.55. The van der Waals surface area contributed by atoms with Crippen LogP contribution in [0, 0.1) is 0 Å². The van der Waals surface area contributed by atoms with Gasteiger partial charge < -0.3 is 21.6 Å². The molecule has 1 rings (SSSR count). The molecule has 0 atom stereocenters. The molecule has 0 fully saturated rings. The molecule has 0 aliphatic rings. The number of ether oxygens (including phenoxy) is 1. The Morgan fingerprint density at radius 1 is 1.21 bits per heavy atom. The van der Waals surface area contributed by atoms with E-state index in [2.05, 4.69) is 38.4 Å². The highest BCUT2D eigenvalue weighted by Gasteiger charge is 2.16. The summed E-state index contributed by atoms with van der Waals surface area (Å²) in [4.78, 5) is 11.3. The van der Waals surface area contributed by atoms with Crippen LogP contribution in [-0.2, 0) is 16.1 Å². The largest absolute Gasteiger partial charge is 1.00 e. The summed E-state index contributed by atoms with van der Waals surface area (Å²) in [7, 11) is 4.31. The number of carbonyl (C=O) groups is 1. The third kappa shape index (κ3) is 7.85. The minimum absolute atomic E-state index is 0. The Morgan fingerprint density at radius 2 is 1.84 bits per heavy atom. The van der Waals surface area contributed by atoms with Crippen LogP contribution in [-0.4, -0.2) is 37.7 Å². The third-order valence-electron chi connectivity index (χ3n) is 2.87. The van der Waals surface area contributed by atoms with Crippen LogP contribution in [0.25, 0.3) is 0 Å². The van der Waals surface area contributed by atoms with Gasteiger partial charge >= 0.3 is 5.97 Å². The second kappa shape index (κ2) is 8.94. The number of quaternary nitrogens is 1. The van der Waals surface area contributed by atoms with Crippen molar-refractivity contribution in [1.82, 2.24) is 0 Å². The van der Waals surface area contributed by atoms with E-state index >= 15 is 0 Å². The average Bonchev–Trinajstić information content (AvgIpc) is 2.29. The van der Waals surface area contributed by atoms with E-state index in [1.807, 2.05) is 13.0 Å². The predicted octanol–water partition coefficient (Wildman–Crippen LogP) is -0.390. The molecule has 0 N–H and O–H groups in total. The number of nitrogens with zero attached hydrogens (tertiary/aromatic N) is 1. The minimum Gasteiger partial charge on any atom is -1.00 e. The van der Waals surface area contributed by atoms with E-state index in [1.54, 1.807) is 0 Å². The molecule has 0 saturated carbocycles. The highest BCUT2D eigenvalue weighted by Crippen LogP contribution is 2.08. The Labute approximate surface area is 122 Å². The highest BCUT2D eigenvalue weighted by atomic mass is 35.5. The second-order valence-electron chi connectivity index (χ2n) is 5.27. The SMILES string of the molecule is CCCC(=O)OCC[N+](C)(C)Cc1ccccc1.[Cl-]. The lowest BCUT2D eigenvalue weighted by molar-refractivity contribution is -0.903. The van der Waals surface area contributed by atoms with Crippen LogP contribution in [0.2, 0.25) is 0 Å². The van der Waals surface area contributed by atoms with Crippen LogP contribution < -0.4 is 12.4 Å². The Morgan fingerprint density at radius 3 is 2.42 bits per heavy atom. The van der Waals surface area contributed by atoms with Gasteiger partial charge in [0.25, 0.3) is 0 Å². The smallest absolute Gasteiger partial charge is 0.305 e. The summed E-state index contributed by atoms with van der Waals surface area (Å²) in [6.07, 6.45) is 1.37. The molecule has 0 aliphatic heterocycles. The lowest BCUT2D eigenvalue weighted by Crippen LogP contribution is -3.00. The molecule has 19 heavy (non-hydrogen) atoms. The van der Waals surface area contributed by atoms with E-state index in [1.165, 1.54) is 5.56 Å². The standard InChI is InChI=1S/C15H24NO2.ClH/c1-4-8-15(17)18-12-11-16(2,3)13-14-9-6-5-7-10-14;/h5-7,9-10H,4,8,11-13H2,1-3H3;1H/q+1;/p-1. The van der Waals surface area contributed by atoms with Gasteiger partial charge in [-0.3, -0.25) is 4.79 Å². The van der Waals surface area contributed by atoms with Crippen molar-refractivity contribution >= 4 is 5.97 Å². The maximum Gasteiger partial charge on any atom is 0.305 e. The van der Waals surface area contributed by atoms with E-state index in [9.17, 15) is 4.79 Å². The van der Waals surface area contributed by atoms with Crippen LogP contribution in [0.3, 0.4) is 0 Å². The molecule has 3 nitrogen and oxygen atoms in total. The zero-order valence-corrected chi connectivity index (χ0v) is 12.8. The monoisotopic (exact) mass is 285 g/mol. The number of likely N-dealkylation sites (N-methyl/N-ethyl adjacent to an activating group) is 1. The maximum atomic E-state index is 11.3. The molecule has 0 unspecified atom stereocenters. The Balaban J connectivity index is 0.00000324. The number of rotatable bonds is 7. The summed E-state index contributed by atoms with van der Waals surface area (Å²) in [5.74, 6) is -0.0859. The zero-order valence-electron chi connectivity index (χ0n) is 12.1. The van der Waals surface area contributed by atoms with Crippen molar-refractivity contribution in [2.24, 2.45) is 0 Å². The predicted molar refractivity (Wildman–Crippen MR) is 73.0 cm³/mol. The highest BCUT2D eigenvalue weighted by molar-refractivity contribution is 5.69. The number of benzene rings is 1. The molecular weight excluding hydrogens is 262 g/mol. The van der Waals surface area contributed by atoms with Crippen LogP contribution >= 0.6 is 0 Å². The molecule has 1 aromatic carbocycles. The summed E-state index contributed by atoms with van der Waals surface area (Å²) in [5.41, 5.74) is 1.31. The number of halogens is 1. The molecule has 0 aromatic heterocycles. The quantitative estimate of drug-likeness (QED) is 0.504. The van der Waals surface area contributed by atoms with Crippen molar-refractivity contribution < 1.29 is 26.4 Å². The first-order valence-electron chi connectivity index (χ1n) is 6.55. The van der Waals surface area contributed by atoms with Gasteiger partial charge in [0.05, 0.1) is 14.1 Å². The Hall–Kier alpha value is -1.06. The fourth-order valence-electron chi connectivity index (χ4n) is 1.84. The molecular formula is C15H24ClNO2. The lowest BCUT2D eigenvalue weighted by atomic mass is 10.2. The van der Waals surface area contributed by atoms with Crippen molar-refractivity contribution in [1.29, 1.82) is 0 Å². The van der Waals surface area contributed by atoms with Crippen molar-refractivity contribution in [3.05, 3.63) is 35.9 Å². The minimum atomic E-state index is -0.0859. The number of hydrogen-bond acceptors (Lipinski definition) is 2. The van der Waals surface area contributed by atoms with Crippen molar-refractivity contribution in [2.45, 2.75) is 26.3 Å². The van der Waals surface area contributed by atoms with Gasteiger partial charge in [0.2, 0.25) is 0 Å². The first-order chi connectivity index (χ1) is 8.53. The molecule has 108 valence electrons. The van der Waals surface area contributed by atoms with Gasteiger partial charge in [-0.2, -0.15) is 0 Å². The van der Waals surface area contributed by atoms with Gasteiger partial charge in [0, 0.05) is 12.0 Å². The third-order valence-corrected chi connectivity index (χ3v) is 2.87. The van der Waals surface area contributed by atoms with Crippen LogP contribution in [0.15, 0.2) is 30.3 Å². The van der Waals surface area contributed by atoms with E-state index in [4.69, 9.17) is 4.74 Å². The first kappa shape index (κ1) is 17.9. The van der Waals surface area contributed by atoms with E-state index in [0.29, 0.717) is 13.0 Å². The molecule has 0 radical (unpaired) electrons. The second-order valence-corrected chi connectivity index (χ2v) is 5.27. The topological polar surface area (TPSA) is 26.3 Å². The number of hydrogen-bond donors (Lipinski definition) is 0. The summed E-state index contributed by atoms with van der Waals surface area (Å²) in [5, 5.41) is 0. The van der Waals surface area contributed by atoms with Crippen molar-refractivity contribution in [3.63, 3.8) is 0 Å². The Bertz CT molecular complexity index is 366. The fraction of sp³-hybridized carbons (Fsp3) is 0.533. The summed E-state index contributed by atoms with van der Waals surface area (Å²) in [6.45, 7) is 4.27. The van der Waals surface area contributed by atoms with Crippen molar-refractivity contribution in [3.8, 4) is 0 Å². The molecule has 0 aliphatic carbocycles.